The Kier molecular flexibility index (Phi) is 2.09. The van der Waals surface area contributed by atoms with Crippen LogP contribution in [0.2, 0.25) is 0 Å². The molecule has 3 unspecified atom stereocenters. The maximum atomic E-state index is 11.9. The Morgan fingerprint density at radius 2 is 2.00 bits per heavy atom. The van der Waals surface area contributed by atoms with Gasteiger partial charge in [-0.2, -0.15) is 0 Å². The van der Waals surface area contributed by atoms with E-state index >= 15 is 0 Å². The molecular formula is C12H17NO2. The van der Waals surface area contributed by atoms with E-state index < -0.39 is 0 Å². The van der Waals surface area contributed by atoms with Gasteiger partial charge in [-0.1, -0.05) is 12.2 Å². The Bertz CT molecular complexity index is 307. The van der Waals surface area contributed by atoms with Crippen molar-refractivity contribution in [3.05, 3.63) is 12.2 Å². The Balaban J connectivity index is 1.55. The van der Waals surface area contributed by atoms with Gasteiger partial charge in [-0.25, -0.2) is 0 Å². The monoisotopic (exact) mass is 207 g/mol. The smallest absolute Gasteiger partial charge is 0.223 e. The molecule has 3 heteroatoms. The number of allylic oxidation sites excluding steroid dienone is 2. The number of rotatable bonds is 2. The van der Waals surface area contributed by atoms with Crippen LogP contribution in [0.1, 0.15) is 25.7 Å². The van der Waals surface area contributed by atoms with Crippen molar-refractivity contribution < 1.29 is 9.90 Å². The zero-order valence-corrected chi connectivity index (χ0v) is 8.73. The van der Waals surface area contributed by atoms with E-state index in [0.29, 0.717) is 11.8 Å². The van der Waals surface area contributed by atoms with Gasteiger partial charge in [0.25, 0.3) is 0 Å². The second kappa shape index (κ2) is 3.34. The van der Waals surface area contributed by atoms with Crippen molar-refractivity contribution in [3.63, 3.8) is 0 Å². The zero-order valence-electron chi connectivity index (χ0n) is 8.73. The van der Waals surface area contributed by atoms with Crippen molar-refractivity contribution in [1.29, 1.82) is 0 Å². The molecule has 2 bridgehead atoms. The number of amides is 1. The fourth-order valence-electron chi connectivity index (χ4n) is 3.10. The Morgan fingerprint density at radius 3 is 2.53 bits per heavy atom. The lowest BCUT2D eigenvalue weighted by molar-refractivity contribution is -0.127. The average molecular weight is 207 g/mol. The lowest BCUT2D eigenvalue weighted by Gasteiger charge is -2.33. The van der Waals surface area contributed by atoms with Crippen LogP contribution in [0, 0.1) is 17.8 Å². The quantitative estimate of drug-likeness (QED) is 0.659. The highest BCUT2D eigenvalue weighted by atomic mass is 16.3. The van der Waals surface area contributed by atoms with Crippen LogP contribution in [0.3, 0.4) is 0 Å². The summed E-state index contributed by atoms with van der Waals surface area (Å²) < 4.78 is 0. The minimum absolute atomic E-state index is 0.185. The van der Waals surface area contributed by atoms with Crippen LogP contribution in [0.25, 0.3) is 0 Å². The summed E-state index contributed by atoms with van der Waals surface area (Å²) >= 11 is 0. The number of hydrogen-bond acceptors (Lipinski definition) is 2. The van der Waals surface area contributed by atoms with Crippen molar-refractivity contribution in [1.82, 2.24) is 5.32 Å². The third-order valence-electron chi connectivity index (χ3n) is 4.08. The zero-order chi connectivity index (χ0) is 10.4. The number of carbonyl (C=O) groups excluding carboxylic acids is 1. The molecule has 0 spiro atoms. The molecule has 1 amide bonds. The first-order valence-corrected chi connectivity index (χ1v) is 5.89. The number of nitrogens with one attached hydrogen (secondary N) is 1. The van der Waals surface area contributed by atoms with E-state index in [0.717, 1.165) is 19.3 Å². The second-order valence-electron chi connectivity index (χ2n) is 5.22. The molecule has 15 heavy (non-hydrogen) atoms. The molecule has 3 atom stereocenters. The number of fused-ring (bicyclic) bond motifs is 2. The summed E-state index contributed by atoms with van der Waals surface area (Å²) in [6, 6.07) is 0.232. The summed E-state index contributed by atoms with van der Waals surface area (Å²) in [4.78, 5) is 11.9. The SMILES string of the molecule is O=C(NC1CC(O)C1)C1CC2C=CC1C2. The van der Waals surface area contributed by atoms with E-state index in [1.165, 1.54) is 6.42 Å². The maximum Gasteiger partial charge on any atom is 0.223 e. The molecule has 3 rings (SSSR count). The van der Waals surface area contributed by atoms with Gasteiger partial charge in [-0.3, -0.25) is 4.79 Å². The van der Waals surface area contributed by atoms with E-state index in [4.69, 9.17) is 5.11 Å². The third kappa shape index (κ3) is 1.59. The highest BCUT2D eigenvalue weighted by Gasteiger charge is 2.41. The average Bonchev–Trinajstić information content (AvgIpc) is 2.75. The highest BCUT2D eigenvalue weighted by Crippen LogP contribution is 2.43. The van der Waals surface area contributed by atoms with Crippen molar-refractivity contribution >= 4 is 5.91 Å². The molecule has 0 aliphatic heterocycles. The predicted molar refractivity (Wildman–Crippen MR) is 56.0 cm³/mol. The normalized spacial score (nSPS) is 46.6. The fourth-order valence-corrected chi connectivity index (χ4v) is 3.10. The minimum atomic E-state index is -0.185. The summed E-state index contributed by atoms with van der Waals surface area (Å²) in [6.07, 6.45) is 7.95. The number of carbonyl (C=O) groups is 1. The Hall–Kier alpha value is -0.830. The van der Waals surface area contributed by atoms with E-state index in [1.54, 1.807) is 0 Å². The van der Waals surface area contributed by atoms with Crippen LogP contribution < -0.4 is 5.32 Å². The summed E-state index contributed by atoms with van der Waals surface area (Å²) in [5, 5.41) is 12.2. The van der Waals surface area contributed by atoms with Gasteiger partial charge < -0.3 is 10.4 Å². The molecule has 2 N–H and O–H groups in total. The van der Waals surface area contributed by atoms with Gasteiger partial charge in [-0.15, -0.1) is 0 Å². The molecule has 0 saturated heterocycles. The van der Waals surface area contributed by atoms with Crippen molar-refractivity contribution in [3.8, 4) is 0 Å². The first kappa shape index (κ1) is 9.40. The van der Waals surface area contributed by atoms with E-state index in [1.807, 2.05) is 0 Å². The topological polar surface area (TPSA) is 49.3 Å². The maximum absolute atomic E-state index is 11.9. The van der Waals surface area contributed by atoms with Crippen molar-refractivity contribution in [2.75, 3.05) is 0 Å². The van der Waals surface area contributed by atoms with Crippen LogP contribution in [0.15, 0.2) is 12.2 Å². The first-order valence-electron chi connectivity index (χ1n) is 5.89. The number of aliphatic hydroxyl groups excluding tert-OH is 1. The van der Waals surface area contributed by atoms with Gasteiger partial charge >= 0.3 is 0 Å². The number of hydrogen-bond donors (Lipinski definition) is 2. The largest absolute Gasteiger partial charge is 0.393 e. The first-order chi connectivity index (χ1) is 7.22. The lowest BCUT2D eigenvalue weighted by atomic mass is 9.87. The molecule has 3 aliphatic carbocycles. The van der Waals surface area contributed by atoms with Gasteiger partial charge in [0.1, 0.15) is 0 Å². The Morgan fingerprint density at radius 1 is 1.20 bits per heavy atom. The molecule has 0 heterocycles. The molecule has 0 aromatic heterocycles. The van der Waals surface area contributed by atoms with E-state index in [9.17, 15) is 4.79 Å². The van der Waals surface area contributed by atoms with Gasteiger partial charge in [0.15, 0.2) is 0 Å². The molecule has 2 saturated carbocycles. The summed E-state index contributed by atoms with van der Waals surface area (Å²) in [6.45, 7) is 0. The van der Waals surface area contributed by atoms with Crippen LogP contribution in [-0.4, -0.2) is 23.2 Å². The lowest BCUT2D eigenvalue weighted by Crippen LogP contribution is -2.49. The summed E-state index contributed by atoms with van der Waals surface area (Å²) in [7, 11) is 0. The molecule has 82 valence electrons. The fraction of sp³-hybridized carbons (Fsp3) is 0.750. The van der Waals surface area contributed by atoms with Crippen LogP contribution in [-0.2, 0) is 4.79 Å². The molecule has 0 aromatic rings. The summed E-state index contributed by atoms with van der Waals surface area (Å²) in [5.41, 5.74) is 0. The third-order valence-corrected chi connectivity index (χ3v) is 4.08. The predicted octanol–water partition coefficient (Wildman–Crippen LogP) is 0.838. The molecule has 3 nitrogen and oxygen atoms in total. The minimum Gasteiger partial charge on any atom is -0.393 e. The highest BCUT2D eigenvalue weighted by molar-refractivity contribution is 5.80. The standard InChI is InChI=1S/C12H17NO2/c14-10-5-9(6-10)13-12(15)11-4-7-1-2-8(11)3-7/h1-2,7-11,14H,3-6H2,(H,13,15). The van der Waals surface area contributed by atoms with E-state index in [-0.39, 0.29) is 24.0 Å². The van der Waals surface area contributed by atoms with Crippen LogP contribution in [0.4, 0.5) is 0 Å². The van der Waals surface area contributed by atoms with Gasteiger partial charge in [0.2, 0.25) is 5.91 Å². The van der Waals surface area contributed by atoms with Gasteiger partial charge in [0.05, 0.1) is 6.10 Å². The van der Waals surface area contributed by atoms with E-state index in [2.05, 4.69) is 17.5 Å². The van der Waals surface area contributed by atoms with Crippen molar-refractivity contribution in [2.45, 2.75) is 37.8 Å². The molecule has 2 fully saturated rings. The van der Waals surface area contributed by atoms with Crippen molar-refractivity contribution in [2.24, 2.45) is 17.8 Å². The van der Waals surface area contributed by atoms with Gasteiger partial charge in [-0.05, 0) is 37.5 Å². The molecule has 0 aromatic carbocycles. The summed E-state index contributed by atoms with van der Waals surface area (Å²) in [5.74, 6) is 1.55. The number of aliphatic hydroxyl groups is 1. The van der Waals surface area contributed by atoms with Crippen LogP contribution >= 0.6 is 0 Å². The van der Waals surface area contributed by atoms with Crippen LogP contribution in [0.5, 0.6) is 0 Å². The second-order valence-corrected chi connectivity index (χ2v) is 5.22. The molecule has 3 aliphatic rings. The molecular weight excluding hydrogens is 190 g/mol. The Labute approximate surface area is 89.6 Å². The van der Waals surface area contributed by atoms with Gasteiger partial charge in [0, 0.05) is 12.0 Å². The molecule has 0 radical (unpaired) electrons.